The van der Waals surface area contributed by atoms with Crippen LogP contribution >= 0.6 is 0 Å². The summed E-state index contributed by atoms with van der Waals surface area (Å²) in [6.45, 7) is 2.24. The van der Waals surface area contributed by atoms with Gasteiger partial charge in [-0.25, -0.2) is 4.79 Å². The molecule has 1 aliphatic heterocycles. The van der Waals surface area contributed by atoms with Gasteiger partial charge in [0, 0.05) is 13.8 Å². The fourth-order valence-corrected chi connectivity index (χ4v) is 1.20. The smallest absolute Gasteiger partial charge is 0.348 e. The molecule has 1 heterocycles. The molecule has 3 nitrogen and oxygen atoms in total. The van der Waals surface area contributed by atoms with Gasteiger partial charge in [0.25, 0.3) is 0 Å². The van der Waals surface area contributed by atoms with Crippen LogP contribution in [-0.2, 0) is 9.53 Å². The van der Waals surface area contributed by atoms with E-state index in [0.29, 0.717) is 5.71 Å². The fraction of sp³-hybridized carbons (Fsp3) is 0.750. The highest BCUT2D eigenvalue weighted by atomic mass is 19.4. The van der Waals surface area contributed by atoms with Crippen molar-refractivity contribution in [1.29, 1.82) is 0 Å². The van der Waals surface area contributed by atoms with Crippen molar-refractivity contribution in [3.05, 3.63) is 0 Å². The van der Waals surface area contributed by atoms with Gasteiger partial charge in [0.1, 0.15) is 0 Å². The second-order valence-electron chi connectivity index (χ2n) is 3.29. The van der Waals surface area contributed by atoms with Crippen LogP contribution in [0, 0.1) is 0 Å². The van der Waals surface area contributed by atoms with Gasteiger partial charge in [0.15, 0.2) is 18.9 Å². The summed E-state index contributed by atoms with van der Waals surface area (Å²) in [6.07, 6.45) is -6.27. The van der Waals surface area contributed by atoms with Gasteiger partial charge in [0.05, 0.1) is 0 Å². The molecule has 1 atom stereocenters. The third-order valence-corrected chi connectivity index (χ3v) is 1.96. The van der Waals surface area contributed by atoms with Gasteiger partial charge in [-0.1, -0.05) is 0 Å². The largest absolute Gasteiger partial charge is 0.420 e. The molecule has 1 unspecified atom stereocenters. The highest BCUT2D eigenvalue weighted by Crippen LogP contribution is 2.24. The second-order valence-corrected chi connectivity index (χ2v) is 3.29. The van der Waals surface area contributed by atoms with Gasteiger partial charge in [-0.2, -0.15) is 17.7 Å². The van der Waals surface area contributed by atoms with Gasteiger partial charge in [-0.3, -0.25) is 0 Å². The van der Waals surface area contributed by atoms with E-state index < -0.39 is 31.3 Å². The van der Waals surface area contributed by atoms with Crippen molar-refractivity contribution in [3.63, 3.8) is 0 Å². The zero-order valence-corrected chi connectivity index (χ0v) is 7.89. The molecule has 6 heteroatoms. The number of alkyl halides is 3. The summed E-state index contributed by atoms with van der Waals surface area (Å²) < 4.78 is 42.2. The lowest BCUT2D eigenvalue weighted by molar-refractivity contribution is -0.492. The molecule has 0 saturated carbocycles. The zero-order valence-electron chi connectivity index (χ0n) is 7.89. The number of carbonyl (C=O) groups excluding carboxylic acids is 1. The fourth-order valence-electron chi connectivity index (χ4n) is 1.20. The second kappa shape index (κ2) is 3.68. The van der Waals surface area contributed by atoms with Crippen LogP contribution in [0.25, 0.3) is 0 Å². The van der Waals surface area contributed by atoms with Crippen LogP contribution < -0.4 is 0 Å². The molecule has 0 spiro atoms. The summed E-state index contributed by atoms with van der Waals surface area (Å²) in [7, 11) is 0. The Morgan fingerprint density at radius 1 is 1.50 bits per heavy atom. The molecular formula is C8H11F3NO2+. The Balaban J connectivity index is 2.83. The lowest BCUT2D eigenvalue weighted by atomic mass is 10.2. The first-order chi connectivity index (χ1) is 6.32. The summed E-state index contributed by atoms with van der Waals surface area (Å²) in [5.41, 5.74) is 0.549. The monoisotopic (exact) mass is 210 g/mol. The number of amides is 1. The number of hydrogen-bond donors (Lipinski definition) is 0. The molecule has 0 N–H and O–H groups in total. The average molecular weight is 210 g/mol. The lowest BCUT2D eigenvalue weighted by Gasteiger charge is -2.22. The molecule has 0 radical (unpaired) electrons. The third-order valence-electron chi connectivity index (χ3n) is 1.96. The maximum Gasteiger partial charge on any atom is 0.420 e. The maximum absolute atomic E-state index is 12.2. The molecule has 1 fully saturated rings. The van der Waals surface area contributed by atoms with Crippen LogP contribution in [0.2, 0.25) is 0 Å². The minimum Gasteiger partial charge on any atom is -0.348 e. The minimum atomic E-state index is -4.41. The van der Waals surface area contributed by atoms with E-state index in [-0.39, 0.29) is 0 Å². The van der Waals surface area contributed by atoms with Crippen molar-refractivity contribution in [1.82, 2.24) is 0 Å². The summed E-state index contributed by atoms with van der Waals surface area (Å²) in [5, 5.41) is 0. The lowest BCUT2D eigenvalue weighted by Crippen LogP contribution is -2.49. The Morgan fingerprint density at radius 2 is 2.07 bits per heavy atom. The molecule has 80 valence electrons. The van der Waals surface area contributed by atoms with Crippen molar-refractivity contribution in [2.45, 2.75) is 26.1 Å². The number of hydrogen-bond acceptors (Lipinski definition) is 2. The number of carbonyl (C=O) groups is 1. The molecule has 0 aromatic carbocycles. The predicted molar refractivity (Wildman–Crippen MR) is 42.3 cm³/mol. The molecule has 1 saturated heterocycles. The predicted octanol–water partition coefficient (Wildman–Crippen LogP) is 0.967. The highest BCUT2D eigenvalue weighted by Gasteiger charge is 2.48. The number of morpholine rings is 1. The van der Waals surface area contributed by atoms with Gasteiger partial charge in [-0.15, -0.1) is 0 Å². The van der Waals surface area contributed by atoms with E-state index in [4.69, 9.17) is 0 Å². The van der Waals surface area contributed by atoms with Crippen LogP contribution in [0.5, 0.6) is 0 Å². The van der Waals surface area contributed by atoms with E-state index in [1.165, 1.54) is 0 Å². The van der Waals surface area contributed by atoms with Crippen molar-refractivity contribution < 1.29 is 27.3 Å². The van der Waals surface area contributed by atoms with Crippen LogP contribution in [-0.4, -0.2) is 41.6 Å². The van der Waals surface area contributed by atoms with Crippen LogP contribution in [0.1, 0.15) is 13.8 Å². The molecule has 14 heavy (non-hydrogen) atoms. The van der Waals surface area contributed by atoms with E-state index >= 15 is 0 Å². The Hall–Kier alpha value is -0.910. The van der Waals surface area contributed by atoms with Gasteiger partial charge >= 0.3 is 12.1 Å². The third kappa shape index (κ3) is 2.31. The molecule has 1 rings (SSSR count). The molecule has 1 aliphatic rings. The quantitative estimate of drug-likeness (QED) is 0.557. The normalized spacial score (nSPS) is 23.9. The first kappa shape index (κ1) is 11.2. The van der Waals surface area contributed by atoms with Gasteiger partial charge in [0.2, 0.25) is 6.10 Å². The van der Waals surface area contributed by atoms with Crippen molar-refractivity contribution >= 4 is 11.6 Å². The number of ether oxygens (including phenoxy) is 1. The molecule has 0 bridgehead atoms. The van der Waals surface area contributed by atoms with E-state index in [2.05, 4.69) is 4.74 Å². The van der Waals surface area contributed by atoms with Gasteiger partial charge < -0.3 is 4.74 Å². The van der Waals surface area contributed by atoms with E-state index in [1.54, 1.807) is 13.8 Å². The average Bonchev–Trinajstić information content (AvgIpc) is 2.02. The van der Waals surface area contributed by atoms with Crippen LogP contribution in [0.4, 0.5) is 13.2 Å². The van der Waals surface area contributed by atoms with Crippen molar-refractivity contribution in [3.8, 4) is 0 Å². The van der Waals surface area contributed by atoms with E-state index in [9.17, 15) is 18.0 Å². The van der Waals surface area contributed by atoms with E-state index in [0.717, 1.165) is 4.58 Å². The van der Waals surface area contributed by atoms with Crippen molar-refractivity contribution in [2.75, 3.05) is 13.2 Å². The minimum absolute atomic E-state index is 0.425. The maximum atomic E-state index is 12.2. The zero-order chi connectivity index (χ0) is 10.9. The molecule has 0 aromatic heterocycles. The highest BCUT2D eigenvalue weighted by molar-refractivity contribution is 5.82. The molecular weight excluding hydrogens is 199 g/mol. The molecule has 1 amide bonds. The Labute approximate surface area is 79.2 Å². The number of nitrogens with zero attached hydrogens (tertiary/aromatic N) is 1. The summed E-state index contributed by atoms with van der Waals surface area (Å²) in [5.74, 6) is -0.425. The number of rotatable bonds is 0. The summed E-state index contributed by atoms with van der Waals surface area (Å²) in [6, 6.07) is 0. The van der Waals surface area contributed by atoms with Crippen LogP contribution in [0.15, 0.2) is 0 Å². The SMILES string of the molecule is CC(C)=[N+]1CC(C(F)(F)F)OCC1=O. The Bertz CT molecular complexity index is 279. The van der Waals surface area contributed by atoms with E-state index in [1.807, 2.05) is 0 Å². The van der Waals surface area contributed by atoms with Crippen molar-refractivity contribution in [2.24, 2.45) is 0 Å². The Kier molecular flexibility index (Phi) is 2.94. The summed E-state index contributed by atoms with van der Waals surface area (Å²) in [4.78, 5) is 11.1. The van der Waals surface area contributed by atoms with Gasteiger partial charge in [-0.05, 0) is 0 Å². The van der Waals surface area contributed by atoms with Crippen LogP contribution in [0.3, 0.4) is 0 Å². The Morgan fingerprint density at radius 3 is 2.50 bits per heavy atom. The summed E-state index contributed by atoms with van der Waals surface area (Å²) >= 11 is 0. The first-order valence-electron chi connectivity index (χ1n) is 4.11. The molecule has 0 aromatic rings. The first-order valence-corrected chi connectivity index (χ1v) is 4.11. The number of halogens is 3. The standard InChI is InChI=1S/C8H11F3NO2/c1-5(2)12-3-6(8(9,10)11)14-4-7(12)13/h6H,3-4H2,1-2H3/q+1. The molecule has 0 aliphatic carbocycles. The topological polar surface area (TPSA) is 29.3 Å².